The van der Waals surface area contributed by atoms with Gasteiger partial charge in [-0.15, -0.1) is 0 Å². The molecule has 0 atom stereocenters. The molecule has 0 aliphatic heterocycles. The first-order valence-corrected chi connectivity index (χ1v) is 7.28. The smallest absolute Gasteiger partial charge is 0.333 e. The third kappa shape index (κ3) is 3.74. The first kappa shape index (κ1) is 15.0. The summed E-state index contributed by atoms with van der Waals surface area (Å²) in [5, 5.41) is 0. The molecule has 0 aromatic carbocycles. The van der Waals surface area contributed by atoms with Crippen LogP contribution in [0.15, 0.2) is 20.3 Å². The molecule has 0 aliphatic carbocycles. The Morgan fingerprint density at radius 3 is 2.72 bits per heavy atom. The lowest BCUT2D eigenvalue weighted by Crippen LogP contribution is -2.40. The highest BCUT2D eigenvalue weighted by atomic mass is 79.9. The molecule has 0 fully saturated rings. The van der Waals surface area contributed by atoms with Gasteiger partial charge in [0.25, 0.3) is 5.56 Å². The van der Waals surface area contributed by atoms with Gasteiger partial charge in [0.05, 0.1) is 4.47 Å². The maximum atomic E-state index is 12.0. The molecule has 8 heteroatoms. The summed E-state index contributed by atoms with van der Waals surface area (Å²) in [6, 6.07) is 0. The molecule has 0 unspecified atom stereocenters. The summed E-state index contributed by atoms with van der Waals surface area (Å²) >= 11 is 4.62. The number of aromatic nitrogens is 2. The number of carbonyl (C=O) groups is 1. The van der Waals surface area contributed by atoms with Gasteiger partial charge in [-0.05, 0) is 22.2 Å². The van der Waals surface area contributed by atoms with Gasteiger partial charge in [0.1, 0.15) is 0 Å². The number of hydrogen-bond donors (Lipinski definition) is 0. The van der Waals surface area contributed by atoms with Crippen molar-refractivity contribution in [3.8, 4) is 0 Å². The van der Waals surface area contributed by atoms with E-state index in [1.807, 2.05) is 6.26 Å². The van der Waals surface area contributed by atoms with E-state index in [0.717, 1.165) is 4.57 Å². The first-order valence-electron chi connectivity index (χ1n) is 5.09. The van der Waals surface area contributed by atoms with Crippen LogP contribution in [0.1, 0.15) is 6.92 Å². The van der Waals surface area contributed by atoms with E-state index >= 15 is 0 Å². The number of esters is 1. The fourth-order valence-corrected chi connectivity index (χ4v) is 2.08. The zero-order valence-corrected chi connectivity index (χ0v) is 12.4. The molecule has 0 saturated carbocycles. The summed E-state index contributed by atoms with van der Waals surface area (Å²) in [7, 11) is 0. The SMILES string of the molecule is CSCCn1c(=O)c(Br)cn(COC(C)=O)c1=O. The van der Waals surface area contributed by atoms with E-state index in [1.54, 1.807) is 0 Å². The minimum absolute atomic E-state index is 0.202. The van der Waals surface area contributed by atoms with Crippen molar-refractivity contribution in [2.75, 3.05) is 12.0 Å². The molecule has 0 saturated heterocycles. The van der Waals surface area contributed by atoms with E-state index in [4.69, 9.17) is 4.74 Å². The number of nitrogens with zero attached hydrogens (tertiary/aromatic N) is 2. The van der Waals surface area contributed by atoms with Crippen molar-refractivity contribution < 1.29 is 9.53 Å². The number of ether oxygens (including phenoxy) is 1. The van der Waals surface area contributed by atoms with Crippen LogP contribution < -0.4 is 11.2 Å². The Balaban J connectivity index is 3.13. The fraction of sp³-hybridized carbons (Fsp3) is 0.500. The molecule has 6 nitrogen and oxygen atoms in total. The van der Waals surface area contributed by atoms with Crippen molar-refractivity contribution in [1.29, 1.82) is 0 Å². The third-order valence-electron chi connectivity index (χ3n) is 2.12. The quantitative estimate of drug-likeness (QED) is 0.738. The molecule has 0 bridgehead atoms. The second-order valence-corrected chi connectivity index (χ2v) is 5.28. The highest BCUT2D eigenvalue weighted by Crippen LogP contribution is 2.00. The van der Waals surface area contributed by atoms with Gasteiger partial charge < -0.3 is 4.74 Å². The molecule has 1 aromatic rings. The maximum absolute atomic E-state index is 12.0. The van der Waals surface area contributed by atoms with Crippen LogP contribution in [0.4, 0.5) is 0 Å². The summed E-state index contributed by atoms with van der Waals surface area (Å²) in [5.74, 6) is 0.166. The van der Waals surface area contributed by atoms with Crippen molar-refractivity contribution in [2.45, 2.75) is 20.2 Å². The van der Waals surface area contributed by atoms with Crippen LogP contribution in [-0.2, 0) is 22.8 Å². The van der Waals surface area contributed by atoms with E-state index in [-0.39, 0.29) is 16.8 Å². The number of thioether (sulfide) groups is 1. The topological polar surface area (TPSA) is 70.3 Å². The van der Waals surface area contributed by atoms with Gasteiger partial charge >= 0.3 is 11.7 Å². The van der Waals surface area contributed by atoms with Crippen LogP contribution in [-0.4, -0.2) is 27.1 Å². The molecule has 0 N–H and O–H groups in total. The normalized spacial score (nSPS) is 10.4. The predicted octanol–water partition coefficient (Wildman–Crippen LogP) is 0.656. The summed E-state index contributed by atoms with van der Waals surface area (Å²) in [5.41, 5.74) is -0.869. The third-order valence-corrected chi connectivity index (χ3v) is 3.26. The van der Waals surface area contributed by atoms with Crippen molar-refractivity contribution in [3.05, 3.63) is 31.5 Å². The molecule has 1 rings (SSSR count). The van der Waals surface area contributed by atoms with E-state index in [1.165, 1.54) is 29.4 Å². The average molecular weight is 337 g/mol. The number of rotatable bonds is 5. The van der Waals surface area contributed by atoms with Crippen molar-refractivity contribution in [1.82, 2.24) is 9.13 Å². The molecule has 0 amide bonds. The van der Waals surface area contributed by atoms with Crippen LogP contribution in [0.25, 0.3) is 0 Å². The number of carbonyl (C=O) groups excluding carboxylic acids is 1. The Morgan fingerprint density at radius 2 is 2.17 bits per heavy atom. The standard InChI is InChI=1S/C10H13BrN2O4S/c1-7(14)17-6-12-5-8(11)9(15)13(10(12)16)3-4-18-2/h5H,3-4,6H2,1-2H3. The van der Waals surface area contributed by atoms with Gasteiger partial charge in [-0.1, -0.05) is 0 Å². The van der Waals surface area contributed by atoms with Crippen molar-refractivity contribution >= 4 is 33.7 Å². The minimum Gasteiger partial charge on any atom is -0.444 e. The molecule has 1 heterocycles. The summed E-state index contributed by atoms with van der Waals surface area (Å²) in [4.78, 5) is 34.5. The van der Waals surface area contributed by atoms with Gasteiger partial charge in [-0.3, -0.25) is 18.7 Å². The maximum Gasteiger partial charge on any atom is 0.333 e. The Hall–Kier alpha value is -1.02. The lowest BCUT2D eigenvalue weighted by molar-refractivity contribution is -0.144. The largest absolute Gasteiger partial charge is 0.444 e. The molecular weight excluding hydrogens is 324 g/mol. The monoisotopic (exact) mass is 336 g/mol. The number of halogens is 1. The highest BCUT2D eigenvalue weighted by Gasteiger charge is 2.10. The molecule has 100 valence electrons. The molecule has 0 spiro atoms. The zero-order chi connectivity index (χ0) is 13.7. The van der Waals surface area contributed by atoms with Gasteiger partial charge in [0.2, 0.25) is 0 Å². The van der Waals surface area contributed by atoms with E-state index in [0.29, 0.717) is 12.3 Å². The number of hydrogen-bond acceptors (Lipinski definition) is 5. The van der Waals surface area contributed by atoms with Crippen LogP contribution in [0, 0.1) is 0 Å². The van der Waals surface area contributed by atoms with Crippen LogP contribution in [0.2, 0.25) is 0 Å². The van der Waals surface area contributed by atoms with Crippen LogP contribution in [0.5, 0.6) is 0 Å². The second kappa shape index (κ2) is 6.79. The van der Waals surface area contributed by atoms with Crippen molar-refractivity contribution in [2.24, 2.45) is 0 Å². The first-order chi connectivity index (χ1) is 8.47. The van der Waals surface area contributed by atoms with Gasteiger partial charge in [0, 0.05) is 25.4 Å². The minimum atomic E-state index is -0.488. The van der Waals surface area contributed by atoms with Crippen LogP contribution in [0.3, 0.4) is 0 Å². The van der Waals surface area contributed by atoms with Crippen LogP contribution >= 0.6 is 27.7 Å². The lowest BCUT2D eigenvalue weighted by atomic mass is 10.6. The zero-order valence-electron chi connectivity index (χ0n) is 10.0. The molecule has 0 radical (unpaired) electrons. The molecule has 0 aliphatic rings. The van der Waals surface area contributed by atoms with E-state index < -0.39 is 11.7 Å². The van der Waals surface area contributed by atoms with E-state index in [9.17, 15) is 14.4 Å². The second-order valence-electron chi connectivity index (χ2n) is 3.44. The molecular formula is C10H13BrN2O4S. The fourth-order valence-electron chi connectivity index (χ4n) is 1.25. The predicted molar refractivity (Wildman–Crippen MR) is 72.8 cm³/mol. The molecule has 18 heavy (non-hydrogen) atoms. The molecule has 1 aromatic heterocycles. The summed E-state index contributed by atoms with van der Waals surface area (Å²) < 4.78 is 7.29. The lowest BCUT2D eigenvalue weighted by Gasteiger charge is -2.10. The Labute approximate surface area is 116 Å². The summed E-state index contributed by atoms with van der Waals surface area (Å²) in [6.07, 6.45) is 3.21. The van der Waals surface area contributed by atoms with Gasteiger partial charge in [-0.25, -0.2) is 4.79 Å². The van der Waals surface area contributed by atoms with Gasteiger partial charge in [-0.2, -0.15) is 11.8 Å². The Morgan fingerprint density at radius 1 is 1.50 bits per heavy atom. The average Bonchev–Trinajstić information content (AvgIpc) is 2.32. The van der Waals surface area contributed by atoms with Crippen molar-refractivity contribution in [3.63, 3.8) is 0 Å². The van der Waals surface area contributed by atoms with E-state index in [2.05, 4.69) is 15.9 Å². The van der Waals surface area contributed by atoms with Gasteiger partial charge in [0.15, 0.2) is 6.73 Å². The summed E-state index contributed by atoms with van der Waals surface area (Å²) in [6.45, 7) is 1.37. The Bertz CT molecular complexity index is 552. The highest BCUT2D eigenvalue weighted by molar-refractivity contribution is 9.10. The Kier molecular flexibility index (Phi) is 5.67.